The van der Waals surface area contributed by atoms with Crippen molar-refractivity contribution in [3.8, 4) is 5.75 Å². The summed E-state index contributed by atoms with van der Waals surface area (Å²) in [5.41, 5.74) is 0.445. The van der Waals surface area contributed by atoms with Crippen molar-refractivity contribution in [3.05, 3.63) is 44.0 Å². The Hall–Kier alpha value is -2.51. The molecule has 0 aliphatic rings. The number of aryl methyl sites for hydroxylation is 1. The molecule has 0 unspecified atom stereocenters. The van der Waals surface area contributed by atoms with Gasteiger partial charge in [-0.15, -0.1) is 0 Å². The van der Waals surface area contributed by atoms with Crippen LogP contribution in [0.15, 0.2) is 18.2 Å². The van der Waals surface area contributed by atoms with Gasteiger partial charge in [0.1, 0.15) is 5.75 Å². The molecule has 0 bridgehead atoms. The molecular formula is C12H14N2O6. The Kier molecular flexibility index (Phi) is 5.57. The highest BCUT2D eigenvalue weighted by Gasteiger charge is 2.13. The van der Waals surface area contributed by atoms with Crippen molar-refractivity contribution < 1.29 is 19.4 Å². The van der Waals surface area contributed by atoms with E-state index in [2.05, 4.69) is 0 Å². The molecule has 8 heteroatoms. The van der Waals surface area contributed by atoms with Crippen LogP contribution in [0.1, 0.15) is 24.8 Å². The third kappa shape index (κ3) is 5.01. The number of nitro groups is 2. The van der Waals surface area contributed by atoms with Crippen LogP contribution in [0.2, 0.25) is 0 Å². The molecule has 0 aliphatic heterocycles. The highest BCUT2D eigenvalue weighted by atomic mass is 16.6. The molecule has 0 spiro atoms. The van der Waals surface area contributed by atoms with Crippen molar-refractivity contribution in [2.24, 2.45) is 0 Å². The lowest BCUT2D eigenvalue weighted by atomic mass is 10.2. The number of ether oxygens (including phenoxy) is 1. The summed E-state index contributed by atoms with van der Waals surface area (Å²) in [6.07, 6.45) is 0.666. The topological polar surface area (TPSA) is 113 Å². The van der Waals surface area contributed by atoms with E-state index in [9.17, 15) is 25.0 Å². The largest absolute Gasteiger partial charge is 0.426 e. The average Bonchev–Trinajstić information content (AvgIpc) is 2.37. The molecule has 8 nitrogen and oxygen atoms in total. The molecule has 0 amide bonds. The SMILES string of the molecule is Cc1ccc([N+](=O)[O-])cc1OC(=O)CCCC[N+](=O)[O-]. The molecule has 1 rings (SSSR count). The van der Waals surface area contributed by atoms with Crippen molar-refractivity contribution in [3.63, 3.8) is 0 Å². The highest BCUT2D eigenvalue weighted by molar-refractivity contribution is 5.73. The van der Waals surface area contributed by atoms with Crippen LogP contribution in [0.25, 0.3) is 0 Å². The molecular weight excluding hydrogens is 268 g/mol. The van der Waals surface area contributed by atoms with E-state index in [1.54, 1.807) is 6.92 Å². The Balaban J connectivity index is 2.55. The number of carbonyl (C=O) groups is 1. The van der Waals surface area contributed by atoms with E-state index in [4.69, 9.17) is 4.74 Å². The lowest BCUT2D eigenvalue weighted by Crippen LogP contribution is -2.10. The van der Waals surface area contributed by atoms with Crippen LogP contribution in [0.5, 0.6) is 5.75 Å². The van der Waals surface area contributed by atoms with E-state index in [-0.39, 0.29) is 30.8 Å². The van der Waals surface area contributed by atoms with Gasteiger partial charge in [-0.3, -0.25) is 25.0 Å². The molecule has 1 aromatic carbocycles. The minimum absolute atomic E-state index is 0.0377. The summed E-state index contributed by atoms with van der Waals surface area (Å²) in [6, 6.07) is 4.00. The average molecular weight is 282 g/mol. The number of esters is 1. The van der Waals surface area contributed by atoms with E-state index in [0.29, 0.717) is 12.0 Å². The minimum atomic E-state index is -0.576. The lowest BCUT2D eigenvalue weighted by molar-refractivity contribution is -0.480. The molecule has 0 N–H and O–H groups in total. The summed E-state index contributed by atoms with van der Waals surface area (Å²) in [6.45, 7) is 1.47. The number of non-ortho nitro benzene ring substituents is 1. The van der Waals surface area contributed by atoms with Crippen LogP contribution in [-0.2, 0) is 4.79 Å². The predicted octanol–water partition coefficient (Wildman–Crippen LogP) is 2.26. The standard InChI is InChI=1S/C12H14N2O6/c1-9-5-6-10(14(18)19)8-11(9)20-12(15)4-2-3-7-13(16)17/h5-6,8H,2-4,7H2,1H3. The Bertz CT molecular complexity index is 529. The molecule has 0 heterocycles. The quantitative estimate of drug-likeness (QED) is 0.249. The van der Waals surface area contributed by atoms with Crippen LogP contribution >= 0.6 is 0 Å². The molecule has 0 atom stereocenters. The first kappa shape index (κ1) is 15.5. The third-order valence-corrected chi connectivity index (χ3v) is 2.58. The Morgan fingerprint density at radius 3 is 2.55 bits per heavy atom. The van der Waals surface area contributed by atoms with E-state index >= 15 is 0 Å². The van der Waals surface area contributed by atoms with Gasteiger partial charge in [0.2, 0.25) is 6.54 Å². The third-order valence-electron chi connectivity index (χ3n) is 2.58. The number of hydrogen-bond donors (Lipinski definition) is 0. The van der Waals surface area contributed by atoms with Crippen molar-refractivity contribution in [1.29, 1.82) is 0 Å². The van der Waals surface area contributed by atoms with Crippen molar-refractivity contribution >= 4 is 11.7 Å². The molecule has 1 aromatic rings. The van der Waals surface area contributed by atoms with Gasteiger partial charge in [0.05, 0.1) is 11.0 Å². The normalized spacial score (nSPS) is 10.1. The Morgan fingerprint density at radius 1 is 1.25 bits per heavy atom. The van der Waals surface area contributed by atoms with E-state index in [1.165, 1.54) is 18.2 Å². The summed E-state index contributed by atoms with van der Waals surface area (Å²) in [5, 5.41) is 20.7. The zero-order chi connectivity index (χ0) is 15.1. The summed E-state index contributed by atoms with van der Waals surface area (Å²) in [5.74, 6) is -0.421. The van der Waals surface area contributed by atoms with Crippen LogP contribution in [-0.4, -0.2) is 22.4 Å². The Morgan fingerprint density at radius 2 is 1.95 bits per heavy atom. The number of benzene rings is 1. The summed E-state index contributed by atoms with van der Waals surface area (Å²) in [7, 11) is 0. The van der Waals surface area contributed by atoms with Gasteiger partial charge in [-0.2, -0.15) is 0 Å². The maximum absolute atomic E-state index is 11.5. The number of nitro benzene ring substituents is 1. The van der Waals surface area contributed by atoms with Gasteiger partial charge >= 0.3 is 5.97 Å². The number of unbranched alkanes of at least 4 members (excludes halogenated alkanes) is 1. The smallest absolute Gasteiger partial charge is 0.311 e. The molecule has 20 heavy (non-hydrogen) atoms. The Labute approximate surface area is 114 Å². The first-order valence-electron chi connectivity index (χ1n) is 5.97. The fourth-order valence-electron chi connectivity index (χ4n) is 1.50. The molecule has 0 fully saturated rings. The summed E-state index contributed by atoms with van der Waals surface area (Å²) >= 11 is 0. The fraction of sp³-hybridized carbons (Fsp3) is 0.417. The van der Waals surface area contributed by atoms with Gasteiger partial charge in [-0.1, -0.05) is 0 Å². The first-order valence-corrected chi connectivity index (χ1v) is 5.97. The number of hydrogen-bond acceptors (Lipinski definition) is 6. The maximum atomic E-state index is 11.5. The first-order chi connectivity index (χ1) is 9.40. The molecule has 0 aliphatic carbocycles. The highest BCUT2D eigenvalue weighted by Crippen LogP contribution is 2.24. The van der Waals surface area contributed by atoms with Crippen LogP contribution in [0.4, 0.5) is 5.69 Å². The molecule has 108 valence electrons. The van der Waals surface area contributed by atoms with E-state index < -0.39 is 15.8 Å². The number of rotatable bonds is 7. The van der Waals surface area contributed by atoms with Crippen molar-refractivity contribution in [2.75, 3.05) is 6.54 Å². The van der Waals surface area contributed by atoms with Gasteiger partial charge in [-0.25, -0.2) is 0 Å². The summed E-state index contributed by atoms with van der Waals surface area (Å²) < 4.78 is 5.03. The van der Waals surface area contributed by atoms with Gasteiger partial charge in [0.15, 0.2) is 0 Å². The maximum Gasteiger partial charge on any atom is 0.311 e. The second kappa shape index (κ2) is 7.17. The van der Waals surface area contributed by atoms with Crippen LogP contribution < -0.4 is 4.74 Å². The van der Waals surface area contributed by atoms with Gasteiger partial charge < -0.3 is 4.74 Å². The molecule has 0 aromatic heterocycles. The second-order valence-electron chi connectivity index (χ2n) is 4.19. The lowest BCUT2D eigenvalue weighted by Gasteiger charge is -2.06. The monoisotopic (exact) mass is 282 g/mol. The zero-order valence-corrected chi connectivity index (χ0v) is 10.9. The van der Waals surface area contributed by atoms with Gasteiger partial charge in [0, 0.05) is 23.8 Å². The van der Waals surface area contributed by atoms with E-state index in [1.807, 2.05) is 0 Å². The summed E-state index contributed by atoms with van der Waals surface area (Å²) in [4.78, 5) is 31.2. The molecule has 0 saturated heterocycles. The van der Waals surface area contributed by atoms with E-state index in [0.717, 1.165) is 0 Å². The zero-order valence-electron chi connectivity index (χ0n) is 10.9. The molecule has 0 saturated carbocycles. The fourth-order valence-corrected chi connectivity index (χ4v) is 1.50. The molecule has 0 radical (unpaired) electrons. The van der Waals surface area contributed by atoms with Crippen LogP contribution in [0.3, 0.4) is 0 Å². The van der Waals surface area contributed by atoms with Gasteiger partial charge in [0.25, 0.3) is 5.69 Å². The van der Waals surface area contributed by atoms with Gasteiger partial charge in [-0.05, 0) is 25.0 Å². The van der Waals surface area contributed by atoms with Crippen LogP contribution in [0, 0.1) is 27.2 Å². The number of carbonyl (C=O) groups excluding carboxylic acids is 1. The second-order valence-corrected chi connectivity index (χ2v) is 4.19. The minimum Gasteiger partial charge on any atom is -0.426 e. The number of nitrogens with zero attached hydrogens (tertiary/aromatic N) is 2. The van der Waals surface area contributed by atoms with Crippen molar-refractivity contribution in [1.82, 2.24) is 0 Å². The predicted molar refractivity (Wildman–Crippen MR) is 69.2 cm³/mol. The van der Waals surface area contributed by atoms with Crippen molar-refractivity contribution in [2.45, 2.75) is 26.2 Å².